The summed E-state index contributed by atoms with van der Waals surface area (Å²) in [4.78, 5) is 9.52. The Kier molecular flexibility index (Phi) is 2.36. The normalized spacial score (nSPS) is 7.67. The van der Waals surface area contributed by atoms with E-state index in [0.29, 0.717) is 0 Å². The molecule has 0 aliphatic rings. The van der Waals surface area contributed by atoms with Crippen LogP contribution in [0.15, 0.2) is 0 Å². The lowest BCUT2D eigenvalue weighted by Crippen LogP contribution is -1.98. The zero-order chi connectivity index (χ0) is 4.99. The number of hydrogen-bond acceptors (Lipinski definition) is 2. The number of carbonyl (C=O) groups is 1. The number of ether oxygens (including phenoxy) is 1. The van der Waals surface area contributed by atoms with Gasteiger partial charge in [-0.1, -0.05) is 0 Å². The highest BCUT2D eigenvalue weighted by Gasteiger charge is 1.91. The summed E-state index contributed by atoms with van der Waals surface area (Å²) < 4.78 is 14.5. The molecule has 2 nitrogen and oxygen atoms in total. The Labute approximate surface area is 34.9 Å². The molecule has 1 radical (unpaired) electrons. The maximum Gasteiger partial charge on any atom is 0.337 e. The zero-order valence-corrected chi connectivity index (χ0v) is 3.11. The van der Waals surface area contributed by atoms with Crippen molar-refractivity contribution in [3.05, 3.63) is 7.11 Å². The summed E-state index contributed by atoms with van der Waals surface area (Å²) in [6.07, 6.45) is 0. The van der Waals surface area contributed by atoms with Crippen molar-refractivity contribution >= 4 is 5.97 Å². The molecule has 0 saturated heterocycles. The van der Waals surface area contributed by atoms with Crippen molar-refractivity contribution in [1.82, 2.24) is 0 Å². The van der Waals surface area contributed by atoms with Crippen LogP contribution in [0.3, 0.4) is 0 Å². The van der Waals surface area contributed by atoms with Gasteiger partial charge in [0.2, 0.25) is 0 Å². The Morgan fingerprint density at radius 3 is 2.50 bits per heavy atom. The minimum Gasteiger partial charge on any atom is -0.460 e. The Balaban J connectivity index is 2.99. The molecule has 0 aromatic heterocycles. The molecule has 3 heteroatoms. The molecule has 0 heterocycles. The molecule has 0 aliphatic heterocycles. The van der Waals surface area contributed by atoms with E-state index in [0.717, 1.165) is 0 Å². The van der Waals surface area contributed by atoms with E-state index in [2.05, 4.69) is 11.8 Å². The van der Waals surface area contributed by atoms with Gasteiger partial charge in [0, 0.05) is 0 Å². The fourth-order valence-electron chi connectivity index (χ4n) is 0.0386. The second kappa shape index (κ2) is 2.63. The van der Waals surface area contributed by atoms with Crippen molar-refractivity contribution in [3.63, 3.8) is 0 Å². The van der Waals surface area contributed by atoms with Gasteiger partial charge in [-0.05, 0) is 0 Å². The second-order valence-electron chi connectivity index (χ2n) is 0.650. The largest absolute Gasteiger partial charge is 0.460 e. The van der Waals surface area contributed by atoms with Gasteiger partial charge in [-0.3, -0.25) is 0 Å². The van der Waals surface area contributed by atoms with Gasteiger partial charge in [0.1, 0.15) is 7.11 Å². The molecular formula is C3H4FO2. The lowest BCUT2D eigenvalue weighted by atomic mass is 10.8. The molecule has 0 spiro atoms. The van der Waals surface area contributed by atoms with Crippen LogP contribution in [0.25, 0.3) is 0 Å². The van der Waals surface area contributed by atoms with E-state index in [4.69, 9.17) is 0 Å². The standard InChI is InChI=1S/C3H4FO2/c1-6-3(5)2-4/h1-2H2. The molecule has 0 unspecified atom stereocenters. The Morgan fingerprint density at radius 1 is 2.00 bits per heavy atom. The van der Waals surface area contributed by atoms with E-state index >= 15 is 0 Å². The van der Waals surface area contributed by atoms with E-state index in [-0.39, 0.29) is 0 Å². The van der Waals surface area contributed by atoms with E-state index in [1.807, 2.05) is 0 Å². The van der Waals surface area contributed by atoms with Gasteiger partial charge < -0.3 is 4.74 Å². The number of carbonyl (C=O) groups excluding carboxylic acids is 1. The molecule has 0 bridgehead atoms. The maximum atomic E-state index is 10.9. The van der Waals surface area contributed by atoms with Gasteiger partial charge in [0.05, 0.1) is 0 Å². The monoisotopic (exact) mass is 91.0 g/mol. The second-order valence-corrected chi connectivity index (χ2v) is 0.650. The smallest absolute Gasteiger partial charge is 0.337 e. The number of alkyl halides is 1. The van der Waals surface area contributed by atoms with Crippen molar-refractivity contribution in [3.8, 4) is 0 Å². The third-order valence-corrected chi connectivity index (χ3v) is 0.270. The number of halogens is 1. The fraction of sp³-hybridized carbons (Fsp3) is 0.333. The SMILES string of the molecule is [CH2]OC(=O)CF. The molecule has 35 valence electrons. The first-order chi connectivity index (χ1) is 2.81. The predicted octanol–water partition coefficient (Wildman–Crippen LogP) is 0.291. The van der Waals surface area contributed by atoms with Gasteiger partial charge in [-0.25, -0.2) is 9.18 Å². The fourth-order valence-corrected chi connectivity index (χ4v) is 0.0386. The predicted molar refractivity (Wildman–Crippen MR) is 17.4 cm³/mol. The molecule has 0 atom stereocenters. The van der Waals surface area contributed by atoms with Crippen LogP contribution in [-0.2, 0) is 9.53 Å². The van der Waals surface area contributed by atoms with Crippen LogP contribution in [0.4, 0.5) is 4.39 Å². The van der Waals surface area contributed by atoms with Crippen molar-refractivity contribution in [1.29, 1.82) is 0 Å². The van der Waals surface area contributed by atoms with E-state index in [1.54, 1.807) is 0 Å². The van der Waals surface area contributed by atoms with Crippen LogP contribution < -0.4 is 0 Å². The van der Waals surface area contributed by atoms with Crippen LogP contribution in [-0.4, -0.2) is 12.6 Å². The molecule has 0 rings (SSSR count). The molecule has 0 aromatic carbocycles. The van der Waals surface area contributed by atoms with Gasteiger partial charge >= 0.3 is 5.97 Å². The van der Waals surface area contributed by atoms with Gasteiger partial charge in [0.25, 0.3) is 0 Å². The van der Waals surface area contributed by atoms with E-state index in [1.165, 1.54) is 0 Å². The quantitative estimate of drug-likeness (QED) is 0.433. The average Bonchev–Trinajstić information content (AvgIpc) is 1.65. The van der Waals surface area contributed by atoms with Gasteiger partial charge in [-0.15, -0.1) is 0 Å². The number of esters is 1. The first-order valence-electron chi connectivity index (χ1n) is 1.32. The number of rotatable bonds is 1. The summed E-state index contributed by atoms with van der Waals surface area (Å²) in [5.74, 6) is -0.935. The van der Waals surface area contributed by atoms with Crippen LogP contribution in [0.1, 0.15) is 0 Å². The van der Waals surface area contributed by atoms with Crippen LogP contribution in [0.2, 0.25) is 0 Å². The highest BCUT2D eigenvalue weighted by Crippen LogP contribution is 1.72. The van der Waals surface area contributed by atoms with Crippen LogP contribution in [0, 0.1) is 7.11 Å². The van der Waals surface area contributed by atoms with Crippen molar-refractivity contribution in [2.45, 2.75) is 0 Å². The molecule has 0 saturated carbocycles. The number of hydrogen-bond donors (Lipinski definition) is 0. The third-order valence-electron chi connectivity index (χ3n) is 0.270. The van der Waals surface area contributed by atoms with Crippen molar-refractivity contribution in [2.75, 3.05) is 6.67 Å². The molecule has 6 heavy (non-hydrogen) atoms. The van der Waals surface area contributed by atoms with E-state index in [9.17, 15) is 9.18 Å². The maximum absolute atomic E-state index is 10.9. The highest BCUT2D eigenvalue weighted by atomic mass is 19.1. The third kappa shape index (κ3) is 1.69. The van der Waals surface area contributed by atoms with Gasteiger partial charge in [-0.2, -0.15) is 0 Å². The minimum absolute atomic E-state index is 0.935. The van der Waals surface area contributed by atoms with Crippen molar-refractivity contribution in [2.24, 2.45) is 0 Å². The minimum atomic E-state index is -1.09. The topological polar surface area (TPSA) is 26.3 Å². The Bertz CT molecular complexity index is 46.8. The summed E-state index contributed by atoms with van der Waals surface area (Å²) in [7, 11) is 2.67. The van der Waals surface area contributed by atoms with E-state index < -0.39 is 12.6 Å². The first-order valence-corrected chi connectivity index (χ1v) is 1.32. The lowest BCUT2D eigenvalue weighted by Gasteiger charge is -1.84. The Hall–Kier alpha value is -0.600. The molecule has 0 aromatic rings. The highest BCUT2D eigenvalue weighted by molar-refractivity contribution is 5.70. The van der Waals surface area contributed by atoms with Gasteiger partial charge in [0.15, 0.2) is 6.67 Å². The molecule has 0 fully saturated rings. The summed E-state index contributed by atoms with van der Waals surface area (Å²) in [6, 6.07) is 0. The first kappa shape index (κ1) is 5.40. The van der Waals surface area contributed by atoms with Crippen LogP contribution in [0.5, 0.6) is 0 Å². The summed E-state index contributed by atoms with van der Waals surface area (Å²) in [6.45, 7) is -1.09. The molecule has 0 N–H and O–H groups in total. The van der Waals surface area contributed by atoms with Crippen molar-refractivity contribution < 1.29 is 13.9 Å². The molecular weight excluding hydrogens is 87.0 g/mol. The van der Waals surface area contributed by atoms with Crippen LogP contribution >= 0.6 is 0 Å². The molecule has 0 amide bonds. The summed E-state index contributed by atoms with van der Waals surface area (Å²) in [5, 5.41) is 0. The molecule has 0 aliphatic carbocycles. The average molecular weight is 91.1 g/mol. The zero-order valence-electron chi connectivity index (χ0n) is 3.11. The lowest BCUT2D eigenvalue weighted by molar-refractivity contribution is -0.139. The Morgan fingerprint density at radius 2 is 2.50 bits per heavy atom. The summed E-state index contributed by atoms with van der Waals surface area (Å²) in [5.41, 5.74) is 0. The summed E-state index contributed by atoms with van der Waals surface area (Å²) >= 11 is 0.